The van der Waals surface area contributed by atoms with Gasteiger partial charge in [-0.25, -0.2) is 18.9 Å². The number of aryl methyl sites for hydroxylation is 1. The Morgan fingerprint density at radius 3 is 2.86 bits per heavy atom. The highest BCUT2D eigenvalue weighted by Gasteiger charge is 2.14. The van der Waals surface area contributed by atoms with Crippen LogP contribution in [0.15, 0.2) is 53.6 Å². The van der Waals surface area contributed by atoms with E-state index in [1.54, 1.807) is 7.11 Å². The van der Waals surface area contributed by atoms with Crippen LogP contribution in [0, 0.1) is 6.92 Å². The molecule has 0 aliphatic heterocycles. The van der Waals surface area contributed by atoms with Gasteiger partial charge in [-0.05, 0) is 36.2 Å². The molecule has 2 heterocycles. The van der Waals surface area contributed by atoms with E-state index in [9.17, 15) is 9.59 Å². The van der Waals surface area contributed by atoms with Crippen molar-refractivity contribution in [3.05, 3.63) is 70.4 Å². The minimum Gasteiger partial charge on any atom is -0.497 e. The van der Waals surface area contributed by atoms with Gasteiger partial charge in [-0.3, -0.25) is 4.79 Å². The topological polar surface area (TPSA) is 90.5 Å². The number of methoxy groups -OCH3 is 1. The zero-order valence-corrected chi connectivity index (χ0v) is 15.5. The summed E-state index contributed by atoms with van der Waals surface area (Å²) >= 11 is 0. The maximum absolute atomic E-state index is 12.6. The normalized spacial score (nSPS) is 11.1. The van der Waals surface area contributed by atoms with Gasteiger partial charge in [-0.2, -0.15) is 0 Å². The number of rotatable bonds is 5. The molecule has 0 aliphatic rings. The van der Waals surface area contributed by atoms with Crippen molar-refractivity contribution in [2.45, 2.75) is 20.0 Å². The highest BCUT2D eigenvalue weighted by molar-refractivity contribution is 5.92. The average molecular weight is 377 g/mol. The minimum absolute atomic E-state index is 0.169. The number of amides is 1. The van der Waals surface area contributed by atoms with Gasteiger partial charge in [0.15, 0.2) is 5.65 Å². The lowest BCUT2D eigenvalue weighted by atomic mass is 10.1. The quantitative estimate of drug-likeness (QED) is 0.571. The van der Waals surface area contributed by atoms with E-state index in [0.717, 1.165) is 32.5 Å². The Bertz CT molecular complexity index is 1240. The number of benzene rings is 2. The summed E-state index contributed by atoms with van der Waals surface area (Å²) < 4.78 is 7.68. The molecule has 28 heavy (non-hydrogen) atoms. The third kappa shape index (κ3) is 3.20. The standard InChI is InChI=1S/C20H19N5O3/c1-13-5-3-8-16-18(13)22-12-24-19(16)23-25(20(24)27)11-17(26)21-10-14-6-4-7-15(9-14)28-2/h3-9,12H,10-11H2,1-2H3,(H,21,26). The number of ether oxygens (including phenoxy) is 1. The summed E-state index contributed by atoms with van der Waals surface area (Å²) in [6.45, 7) is 2.12. The molecule has 1 amide bonds. The third-order valence-electron chi connectivity index (χ3n) is 4.57. The summed E-state index contributed by atoms with van der Waals surface area (Å²) in [4.78, 5) is 29.2. The summed E-state index contributed by atoms with van der Waals surface area (Å²) in [7, 11) is 1.59. The third-order valence-corrected chi connectivity index (χ3v) is 4.57. The van der Waals surface area contributed by atoms with Gasteiger partial charge < -0.3 is 10.1 Å². The average Bonchev–Trinajstić information content (AvgIpc) is 3.03. The Labute approximate surface area is 160 Å². The molecule has 0 spiro atoms. The van der Waals surface area contributed by atoms with Crippen molar-refractivity contribution in [1.82, 2.24) is 24.5 Å². The number of nitrogens with zero attached hydrogens (tertiary/aromatic N) is 4. The molecule has 2 aromatic carbocycles. The number of carbonyl (C=O) groups is 1. The molecule has 0 fully saturated rings. The molecular weight excluding hydrogens is 358 g/mol. The summed E-state index contributed by atoms with van der Waals surface area (Å²) in [5, 5.41) is 7.92. The molecule has 4 rings (SSSR count). The maximum Gasteiger partial charge on any atom is 0.352 e. The lowest BCUT2D eigenvalue weighted by Crippen LogP contribution is -2.32. The lowest BCUT2D eigenvalue weighted by molar-refractivity contribution is -0.122. The van der Waals surface area contributed by atoms with E-state index in [1.807, 2.05) is 49.4 Å². The molecule has 8 heteroatoms. The molecule has 0 aliphatic carbocycles. The van der Waals surface area contributed by atoms with Gasteiger partial charge in [-0.1, -0.05) is 24.3 Å². The fourth-order valence-electron chi connectivity index (χ4n) is 3.11. The number of para-hydroxylation sites is 1. The van der Waals surface area contributed by atoms with Gasteiger partial charge in [-0.15, -0.1) is 5.10 Å². The Morgan fingerprint density at radius 2 is 2.04 bits per heavy atom. The zero-order chi connectivity index (χ0) is 19.7. The first-order chi connectivity index (χ1) is 13.6. The van der Waals surface area contributed by atoms with Crippen LogP contribution in [0.25, 0.3) is 16.6 Å². The molecule has 0 saturated heterocycles. The van der Waals surface area contributed by atoms with Crippen LogP contribution < -0.4 is 15.7 Å². The fraction of sp³-hybridized carbons (Fsp3) is 0.200. The van der Waals surface area contributed by atoms with Crippen molar-refractivity contribution in [3.8, 4) is 5.75 Å². The van der Waals surface area contributed by atoms with Gasteiger partial charge in [0.2, 0.25) is 5.91 Å². The van der Waals surface area contributed by atoms with E-state index in [4.69, 9.17) is 4.74 Å². The van der Waals surface area contributed by atoms with Crippen LogP contribution in [-0.4, -0.2) is 32.2 Å². The van der Waals surface area contributed by atoms with Gasteiger partial charge >= 0.3 is 5.69 Å². The van der Waals surface area contributed by atoms with Gasteiger partial charge in [0, 0.05) is 11.9 Å². The molecule has 0 atom stereocenters. The molecule has 0 saturated carbocycles. The van der Waals surface area contributed by atoms with Crippen LogP contribution in [0.4, 0.5) is 0 Å². The van der Waals surface area contributed by atoms with E-state index in [1.165, 1.54) is 10.7 Å². The minimum atomic E-state index is -0.401. The van der Waals surface area contributed by atoms with Crippen LogP contribution in [-0.2, 0) is 17.9 Å². The second-order valence-electron chi connectivity index (χ2n) is 6.48. The fourth-order valence-corrected chi connectivity index (χ4v) is 3.11. The molecule has 4 aromatic rings. The maximum atomic E-state index is 12.6. The Balaban J connectivity index is 1.56. The van der Waals surface area contributed by atoms with Crippen molar-refractivity contribution in [3.63, 3.8) is 0 Å². The van der Waals surface area contributed by atoms with Crippen LogP contribution in [0.3, 0.4) is 0 Å². The van der Waals surface area contributed by atoms with Crippen LogP contribution >= 0.6 is 0 Å². The zero-order valence-electron chi connectivity index (χ0n) is 15.5. The van der Waals surface area contributed by atoms with E-state index in [2.05, 4.69) is 15.4 Å². The molecule has 0 radical (unpaired) electrons. The van der Waals surface area contributed by atoms with Crippen molar-refractivity contribution < 1.29 is 9.53 Å². The van der Waals surface area contributed by atoms with Crippen molar-refractivity contribution in [2.24, 2.45) is 0 Å². The van der Waals surface area contributed by atoms with Gasteiger partial charge in [0.05, 0.1) is 12.6 Å². The van der Waals surface area contributed by atoms with Gasteiger partial charge in [0.25, 0.3) is 0 Å². The molecule has 2 aromatic heterocycles. The van der Waals surface area contributed by atoms with Crippen molar-refractivity contribution >= 4 is 22.5 Å². The second kappa shape index (κ2) is 7.15. The molecule has 142 valence electrons. The SMILES string of the molecule is COc1cccc(CNC(=O)Cn2nc3c4cccc(C)c4ncn3c2=O)c1. The number of hydrogen-bond acceptors (Lipinski definition) is 5. The Hall–Kier alpha value is -3.68. The number of carbonyl (C=O) groups excluding carboxylic acids is 1. The Kier molecular flexibility index (Phi) is 4.52. The van der Waals surface area contributed by atoms with Gasteiger partial charge in [0.1, 0.15) is 18.6 Å². The number of nitrogens with one attached hydrogen (secondary N) is 1. The van der Waals surface area contributed by atoms with E-state index < -0.39 is 5.69 Å². The highest BCUT2D eigenvalue weighted by atomic mass is 16.5. The smallest absolute Gasteiger partial charge is 0.352 e. The summed E-state index contributed by atoms with van der Waals surface area (Å²) in [6, 6.07) is 13.1. The monoisotopic (exact) mass is 377 g/mol. The summed E-state index contributed by atoms with van der Waals surface area (Å²) in [6.07, 6.45) is 1.45. The van der Waals surface area contributed by atoms with E-state index in [0.29, 0.717) is 12.2 Å². The largest absolute Gasteiger partial charge is 0.497 e. The number of aromatic nitrogens is 4. The first-order valence-corrected chi connectivity index (χ1v) is 8.80. The highest BCUT2D eigenvalue weighted by Crippen LogP contribution is 2.18. The molecule has 0 unspecified atom stereocenters. The number of hydrogen-bond donors (Lipinski definition) is 1. The lowest BCUT2D eigenvalue weighted by Gasteiger charge is -2.06. The summed E-state index contributed by atoms with van der Waals surface area (Å²) in [5.41, 5.74) is 2.77. The predicted molar refractivity (Wildman–Crippen MR) is 104 cm³/mol. The molecule has 1 N–H and O–H groups in total. The van der Waals surface area contributed by atoms with Crippen molar-refractivity contribution in [2.75, 3.05) is 7.11 Å². The van der Waals surface area contributed by atoms with E-state index >= 15 is 0 Å². The molecule has 0 bridgehead atoms. The molecular formula is C20H19N5O3. The van der Waals surface area contributed by atoms with Crippen LogP contribution in [0.1, 0.15) is 11.1 Å². The first kappa shape index (κ1) is 17.7. The predicted octanol–water partition coefficient (Wildman–Crippen LogP) is 1.68. The number of fused-ring (bicyclic) bond motifs is 3. The molecule has 8 nitrogen and oxygen atoms in total. The Morgan fingerprint density at radius 1 is 1.21 bits per heavy atom. The van der Waals surface area contributed by atoms with Crippen LogP contribution in [0.5, 0.6) is 5.75 Å². The summed E-state index contributed by atoms with van der Waals surface area (Å²) in [5.74, 6) is 0.416. The van der Waals surface area contributed by atoms with Crippen LogP contribution in [0.2, 0.25) is 0 Å². The van der Waals surface area contributed by atoms with E-state index in [-0.39, 0.29) is 12.5 Å². The second-order valence-corrected chi connectivity index (χ2v) is 6.48. The van der Waals surface area contributed by atoms with Crippen molar-refractivity contribution in [1.29, 1.82) is 0 Å². The first-order valence-electron chi connectivity index (χ1n) is 8.80.